The van der Waals surface area contributed by atoms with E-state index in [2.05, 4.69) is 44.7 Å². The Morgan fingerprint density at radius 2 is 2.19 bits per heavy atom. The predicted molar refractivity (Wildman–Crippen MR) is 108 cm³/mol. The van der Waals surface area contributed by atoms with Gasteiger partial charge < -0.3 is 15.5 Å². The van der Waals surface area contributed by atoms with Crippen molar-refractivity contribution < 1.29 is 0 Å². The first-order valence-corrected chi connectivity index (χ1v) is 9.37. The predicted octanol–water partition coefficient (Wildman–Crippen LogP) is 2.57. The summed E-state index contributed by atoms with van der Waals surface area (Å²) in [5.41, 5.74) is 3.65. The summed E-state index contributed by atoms with van der Waals surface area (Å²) in [6.45, 7) is 5.85. The molecule has 1 saturated heterocycles. The Hall–Kier alpha value is -2.21. The van der Waals surface area contributed by atoms with Gasteiger partial charge in [0, 0.05) is 50.6 Å². The van der Waals surface area contributed by atoms with E-state index in [1.807, 2.05) is 23.9 Å². The lowest BCUT2D eigenvalue weighted by Gasteiger charge is -2.21. The molecule has 140 valence electrons. The van der Waals surface area contributed by atoms with Gasteiger partial charge in [0.05, 0.1) is 12.2 Å². The Morgan fingerprint density at radius 1 is 1.35 bits per heavy atom. The number of benzene rings is 1. The monoisotopic (exact) mass is 374 g/mol. The highest BCUT2D eigenvalue weighted by atomic mass is 35.5. The van der Waals surface area contributed by atoms with Gasteiger partial charge >= 0.3 is 0 Å². The molecule has 26 heavy (non-hydrogen) atoms. The summed E-state index contributed by atoms with van der Waals surface area (Å²) in [5, 5.41) is 11.8. The fourth-order valence-corrected chi connectivity index (χ4v) is 3.52. The fourth-order valence-electron chi connectivity index (χ4n) is 3.35. The SMILES string of the molecule is CN=C(NCc1ccnn1C)NCC1CCN(c2cc(Cl)ccc2C)C1. The van der Waals surface area contributed by atoms with Gasteiger partial charge in [0.2, 0.25) is 0 Å². The van der Waals surface area contributed by atoms with Crippen LogP contribution in [0.1, 0.15) is 17.7 Å². The van der Waals surface area contributed by atoms with Crippen molar-refractivity contribution >= 4 is 23.2 Å². The number of aliphatic imine (C=N–C) groups is 1. The molecule has 0 saturated carbocycles. The molecule has 7 heteroatoms. The van der Waals surface area contributed by atoms with Crippen LogP contribution in [0.15, 0.2) is 35.5 Å². The topological polar surface area (TPSA) is 57.5 Å². The van der Waals surface area contributed by atoms with Gasteiger partial charge in [0.1, 0.15) is 0 Å². The zero-order valence-corrected chi connectivity index (χ0v) is 16.4. The van der Waals surface area contributed by atoms with Gasteiger partial charge in [0.25, 0.3) is 0 Å². The largest absolute Gasteiger partial charge is 0.371 e. The van der Waals surface area contributed by atoms with Gasteiger partial charge in [-0.1, -0.05) is 17.7 Å². The second-order valence-electron chi connectivity index (χ2n) is 6.78. The highest BCUT2D eigenvalue weighted by molar-refractivity contribution is 6.30. The minimum absolute atomic E-state index is 0.587. The van der Waals surface area contributed by atoms with Crippen LogP contribution in [0, 0.1) is 12.8 Å². The molecule has 0 aliphatic carbocycles. The molecule has 2 heterocycles. The quantitative estimate of drug-likeness (QED) is 0.624. The number of nitrogens with zero attached hydrogens (tertiary/aromatic N) is 4. The van der Waals surface area contributed by atoms with Crippen molar-refractivity contribution in [3.05, 3.63) is 46.7 Å². The van der Waals surface area contributed by atoms with E-state index in [9.17, 15) is 0 Å². The number of nitrogens with one attached hydrogen (secondary N) is 2. The van der Waals surface area contributed by atoms with Crippen LogP contribution in [0.4, 0.5) is 5.69 Å². The van der Waals surface area contributed by atoms with Crippen molar-refractivity contribution in [3.8, 4) is 0 Å². The number of guanidine groups is 1. The van der Waals surface area contributed by atoms with Crippen LogP contribution in [-0.2, 0) is 13.6 Å². The molecular weight excluding hydrogens is 348 g/mol. The smallest absolute Gasteiger partial charge is 0.191 e. The first-order chi connectivity index (χ1) is 12.6. The highest BCUT2D eigenvalue weighted by Crippen LogP contribution is 2.29. The van der Waals surface area contributed by atoms with E-state index in [0.29, 0.717) is 12.5 Å². The Morgan fingerprint density at radius 3 is 2.92 bits per heavy atom. The van der Waals surface area contributed by atoms with Crippen molar-refractivity contribution in [2.24, 2.45) is 18.0 Å². The molecule has 0 radical (unpaired) electrons. The maximum Gasteiger partial charge on any atom is 0.191 e. The van der Waals surface area contributed by atoms with Crippen molar-refractivity contribution in [1.29, 1.82) is 0 Å². The van der Waals surface area contributed by atoms with Crippen LogP contribution < -0.4 is 15.5 Å². The molecule has 2 aromatic rings. The number of halogens is 1. The normalized spacial score (nSPS) is 17.6. The molecule has 1 aromatic carbocycles. The summed E-state index contributed by atoms with van der Waals surface area (Å²) in [7, 11) is 3.74. The van der Waals surface area contributed by atoms with Crippen LogP contribution >= 0.6 is 11.6 Å². The fraction of sp³-hybridized carbons (Fsp3) is 0.474. The minimum atomic E-state index is 0.587. The molecule has 2 N–H and O–H groups in total. The molecule has 1 aromatic heterocycles. The standard InChI is InChI=1S/C19H27ClN6/c1-14-4-5-16(20)10-18(14)26-9-7-15(13-26)11-22-19(21-2)23-12-17-6-8-24-25(17)3/h4-6,8,10,15H,7,9,11-13H2,1-3H3,(H2,21,22,23). The van der Waals surface area contributed by atoms with Crippen molar-refractivity contribution in [3.63, 3.8) is 0 Å². The van der Waals surface area contributed by atoms with Crippen molar-refractivity contribution in [1.82, 2.24) is 20.4 Å². The number of hydrogen-bond donors (Lipinski definition) is 2. The number of rotatable bonds is 5. The summed E-state index contributed by atoms with van der Waals surface area (Å²) < 4.78 is 1.86. The first kappa shape index (κ1) is 18.6. The third-order valence-electron chi connectivity index (χ3n) is 4.94. The van der Waals surface area contributed by atoms with E-state index < -0.39 is 0 Å². The van der Waals surface area contributed by atoms with Crippen LogP contribution in [0.5, 0.6) is 0 Å². The van der Waals surface area contributed by atoms with E-state index in [0.717, 1.165) is 42.7 Å². The number of anilines is 1. The molecular formula is C19H27ClN6. The van der Waals surface area contributed by atoms with Crippen LogP contribution in [-0.4, -0.2) is 42.4 Å². The van der Waals surface area contributed by atoms with Gasteiger partial charge in [-0.3, -0.25) is 9.67 Å². The Kier molecular flexibility index (Phi) is 6.04. The molecule has 0 amide bonds. The summed E-state index contributed by atoms with van der Waals surface area (Å²) in [5.74, 6) is 1.41. The van der Waals surface area contributed by atoms with Crippen LogP contribution in [0.2, 0.25) is 5.02 Å². The lowest BCUT2D eigenvalue weighted by molar-refractivity contribution is 0.564. The van der Waals surface area contributed by atoms with Crippen molar-refractivity contribution in [2.75, 3.05) is 31.6 Å². The van der Waals surface area contributed by atoms with Crippen molar-refractivity contribution in [2.45, 2.75) is 19.9 Å². The third kappa shape index (κ3) is 4.49. The van der Waals surface area contributed by atoms with Gasteiger partial charge in [-0.15, -0.1) is 0 Å². The third-order valence-corrected chi connectivity index (χ3v) is 5.17. The summed E-state index contributed by atoms with van der Waals surface area (Å²) in [4.78, 5) is 6.74. The highest BCUT2D eigenvalue weighted by Gasteiger charge is 2.24. The number of aryl methyl sites for hydroxylation is 2. The summed E-state index contributed by atoms with van der Waals surface area (Å²) in [6.07, 6.45) is 2.97. The molecule has 1 atom stereocenters. The lowest BCUT2D eigenvalue weighted by atomic mass is 10.1. The van der Waals surface area contributed by atoms with Gasteiger partial charge in [0.15, 0.2) is 5.96 Å². The summed E-state index contributed by atoms with van der Waals surface area (Å²) >= 11 is 6.17. The first-order valence-electron chi connectivity index (χ1n) is 8.99. The van der Waals surface area contributed by atoms with Crippen LogP contribution in [0.3, 0.4) is 0 Å². The molecule has 3 rings (SSSR count). The molecule has 0 bridgehead atoms. The molecule has 1 fully saturated rings. The number of aromatic nitrogens is 2. The van der Waals surface area contributed by atoms with E-state index in [1.165, 1.54) is 11.3 Å². The Labute approximate surface area is 160 Å². The maximum atomic E-state index is 6.17. The molecule has 1 unspecified atom stereocenters. The van der Waals surface area contributed by atoms with E-state index in [1.54, 1.807) is 13.2 Å². The zero-order valence-electron chi connectivity index (χ0n) is 15.7. The Bertz CT molecular complexity index is 769. The molecule has 1 aliphatic heterocycles. The van der Waals surface area contributed by atoms with E-state index in [-0.39, 0.29) is 0 Å². The van der Waals surface area contributed by atoms with Gasteiger partial charge in [-0.25, -0.2) is 0 Å². The average molecular weight is 375 g/mol. The minimum Gasteiger partial charge on any atom is -0.371 e. The van der Waals surface area contributed by atoms with E-state index in [4.69, 9.17) is 11.6 Å². The molecule has 0 spiro atoms. The molecule has 1 aliphatic rings. The lowest BCUT2D eigenvalue weighted by Crippen LogP contribution is -2.40. The van der Waals surface area contributed by atoms with E-state index >= 15 is 0 Å². The molecule has 6 nitrogen and oxygen atoms in total. The number of hydrogen-bond acceptors (Lipinski definition) is 3. The second kappa shape index (κ2) is 8.45. The van der Waals surface area contributed by atoms with Gasteiger partial charge in [-0.2, -0.15) is 5.10 Å². The van der Waals surface area contributed by atoms with Crippen LogP contribution in [0.25, 0.3) is 0 Å². The summed E-state index contributed by atoms with van der Waals surface area (Å²) in [6, 6.07) is 8.12. The van der Waals surface area contributed by atoms with Gasteiger partial charge in [-0.05, 0) is 43.0 Å². The maximum absolute atomic E-state index is 6.17. The second-order valence-corrected chi connectivity index (χ2v) is 7.22. The average Bonchev–Trinajstić information content (AvgIpc) is 3.26. The Balaban J connectivity index is 1.49. The zero-order chi connectivity index (χ0) is 18.5.